The van der Waals surface area contributed by atoms with E-state index in [9.17, 15) is 9.59 Å². The summed E-state index contributed by atoms with van der Waals surface area (Å²) < 4.78 is 12.5. The van der Waals surface area contributed by atoms with Crippen LogP contribution in [0.3, 0.4) is 0 Å². The molecule has 9 heteroatoms. The molecule has 0 saturated carbocycles. The molecule has 0 unspecified atom stereocenters. The lowest BCUT2D eigenvalue weighted by Gasteiger charge is -2.10. The molecule has 3 aromatic rings. The zero-order valence-electron chi connectivity index (χ0n) is 16.1. The molecule has 1 aliphatic carbocycles. The van der Waals surface area contributed by atoms with Gasteiger partial charge in [-0.25, -0.2) is 0 Å². The molecule has 0 bridgehead atoms. The van der Waals surface area contributed by atoms with Gasteiger partial charge in [-0.05, 0) is 42.9 Å². The van der Waals surface area contributed by atoms with E-state index >= 15 is 0 Å². The number of carbonyl (C=O) groups is 1. The highest BCUT2D eigenvalue weighted by molar-refractivity contribution is 7.16. The lowest BCUT2D eigenvalue weighted by molar-refractivity contribution is -0.114. The van der Waals surface area contributed by atoms with Gasteiger partial charge in [0.1, 0.15) is 18.2 Å². The van der Waals surface area contributed by atoms with Gasteiger partial charge in [0, 0.05) is 0 Å². The third-order valence-electron chi connectivity index (χ3n) is 4.22. The molecule has 2 aromatic heterocycles. The van der Waals surface area contributed by atoms with Crippen LogP contribution in [0.2, 0.25) is 0 Å². The van der Waals surface area contributed by atoms with E-state index in [1.54, 1.807) is 25.2 Å². The van der Waals surface area contributed by atoms with Crippen molar-refractivity contribution in [3.63, 3.8) is 0 Å². The monoisotopic (exact) mass is 422 g/mol. The first-order valence-corrected chi connectivity index (χ1v) is 10.0. The summed E-state index contributed by atoms with van der Waals surface area (Å²) in [6, 6.07) is 9.36. The average molecular weight is 422 g/mol. The van der Waals surface area contributed by atoms with Crippen LogP contribution < -0.4 is 16.0 Å². The molecule has 0 radical (unpaired) electrons. The maximum atomic E-state index is 12.5. The fraction of sp³-hybridized carbons (Fsp3) is 0.143. The van der Waals surface area contributed by atoms with Gasteiger partial charge in [0.05, 0.1) is 12.2 Å². The van der Waals surface area contributed by atoms with Crippen molar-refractivity contribution in [1.82, 2.24) is 14.6 Å². The number of benzene rings is 1. The molecule has 2 heterocycles. The summed E-state index contributed by atoms with van der Waals surface area (Å²) >= 11 is 1.23. The minimum absolute atomic E-state index is 0.163. The lowest BCUT2D eigenvalue weighted by Crippen LogP contribution is -2.17. The highest BCUT2D eigenvalue weighted by Crippen LogP contribution is 2.22. The summed E-state index contributed by atoms with van der Waals surface area (Å²) in [4.78, 5) is 28.8. The number of rotatable bonds is 6. The van der Waals surface area contributed by atoms with Crippen molar-refractivity contribution < 1.29 is 14.3 Å². The van der Waals surface area contributed by atoms with Crippen molar-refractivity contribution >= 4 is 34.0 Å². The van der Waals surface area contributed by atoms with Gasteiger partial charge >= 0.3 is 0 Å². The fourth-order valence-corrected chi connectivity index (χ4v) is 3.63. The highest BCUT2D eigenvalue weighted by Gasteiger charge is 2.16. The predicted molar refractivity (Wildman–Crippen MR) is 114 cm³/mol. The van der Waals surface area contributed by atoms with Crippen LogP contribution in [0.4, 0.5) is 5.82 Å². The molecule has 0 saturated heterocycles. The van der Waals surface area contributed by atoms with Gasteiger partial charge in [-0.15, -0.1) is 0 Å². The van der Waals surface area contributed by atoms with Crippen LogP contribution in [-0.2, 0) is 16.1 Å². The molecule has 0 spiro atoms. The molecule has 152 valence electrons. The molecular formula is C21H18N4O4S. The van der Waals surface area contributed by atoms with Crippen LogP contribution in [0, 0.1) is 0 Å². The van der Waals surface area contributed by atoms with E-state index in [-0.39, 0.29) is 29.5 Å². The van der Waals surface area contributed by atoms with Gasteiger partial charge in [-0.1, -0.05) is 35.6 Å². The van der Waals surface area contributed by atoms with Crippen molar-refractivity contribution in [2.75, 3.05) is 12.3 Å². The number of para-hydroxylation sites is 1. The molecule has 8 nitrogen and oxygen atoms in total. The molecule has 2 N–H and O–H groups in total. The number of fused-ring (bicyclic) bond motifs is 1. The van der Waals surface area contributed by atoms with Crippen molar-refractivity contribution in [3.05, 3.63) is 80.8 Å². The van der Waals surface area contributed by atoms with Gasteiger partial charge in [0.25, 0.3) is 5.56 Å². The van der Waals surface area contributed by atoms with E-state index in [0.29, 0.717) is 27.9 Å². The Bertz CT molecular complexity index is 1260. The molecule has 4 rings (SSSR count). The number of aromatic nitrogens is 3. The van der Waals surface area contributed by atoms with Crippen LogP contribution in [0.5, 0.6) is 5.75 Å². The van der Waals surface area contributed by atoms with Crippen LogP contribution in [-0.4, -0.2) is 27.0 Å². The Hall–Kier alpha value is -3.72. The van der Waals surface area contributed by atoms with Gasteiger partial charge < -0.3 is 15.2 Å². The Morgan fingerprint density at radius 1 is 1.17 bits per heavy atom. The number of anilines is 1. The van der Waals surface area contributed by atoms with E-state index in [0.717, 1.165) is 0 Å². The minimum atomic E-state index is -0.476. The predicted octanol–water partition coefficient (Wildman–Crippen LogP) is 2.75. The van der Waals surface area contributed by atoms with E-state index in [2.05, 4.69) is 10.1 Å². The number of carbonyl (C=O) groups excluding carboxylic acids is 1. The Morgan fingerprint density at radius 3 is 2.73 bits per heavy atom. The summed E-state index contributed by atoms with van der Waals surface area (Å²) in [6.07, 6.45) is 6.12. The van der Waals surface area contributed by atoms with E-state index in [1.165, 1.54) is 21.9 Å². The molecule has 0 fully saturated rings. The van der Waals surface area contributed by atoms with Crippen LogP contribution in [0.1, 0.15) is 17.5 Å². The number of nitrogens with two attached hydrogens (primary N) is 1. The molecule has 1 aliphatic rings. The Morgan fingerprint density at radius 2 is 1.97 bits per heavy atom. The first kappa shape index (κ1) is 19.6. The zero-order chi connectivity index (χ0) is 21.1. The van der Waals surface area contributed by atoms with Crippen LogP contribution in [0.25, 0.3) is 11.0 Å². The maximum absolute atomic E-state index is 12.5. The second-order valence-electron chi connectivity index (χ2n) is 6.29. The van der Waals surface area contributed by atoms with E-state index < -0.39 is 5.56 Å². The Kier molecular flexibility index (Phi) is 5.44. The van der Waals surface area contributed by atoms with Gasteiger partial charge in [-0.3, -0.25) is 9.59 Å². The molecular weight excluding hydrogens is 404 g/mol. The third kappa shape index (κ3) is 4.01. The summed E-state index contributed by atoms with van der Waals surface area (Å²) in [5.74, 6) is 0.868. The van der Waals surface area contributed by atoms with Crippen LogP contribution >= 0.6 is 11.3 Å². The molecule has 1 aromatic carbocycles. The topological polar surface area (TPSA) is 109 Å². The van der Waals surface area contributed by atoms with Gasteiger partial charge in [0.15, 0.2) is 10.8 Å². The number of nitrogen functional groups attached to an aromatic ring is 1. The summed E-state index contributed by atoms with van der Waals surface area (Å²) in [5, 5.41) is 5.05. The summed E-state index contributed by atoms with van der Waals surface area (Å²) in [5.41, 5.74) is 6.53. The van der Waals surface area contributed by atoms with E-state index in [4.69, 9.17) is 15.2 Å². The second-order valence-corrected chi connectivity index (χ2v) is 7.33. The fourth-order valence-electron chi connectivity index (χ4n) is 2.83. The van der Waals surface area contributed by atoms with Crippen LogP contribution in [0.15, 0.2) is 64.7 Å². The number of nitrogens with zero attached hydrogens (tertiary/aromatic N) is 3. The first-order chi connectivity index (χ1) is 14.5. The Labute approximate surface area is 175 Å². The highest BCUT2D eigenvalue weighted by atomic mass is 32.1. The number of allylic oxidation sites excluding steroid dienone is 4. The summed E-state index contributed by atoms with van der Waals surface area (Å²) in [7, 11) is 0. The summed E-state index contributed by atoms with van der Waals surface area (Å²) in [6.45, 7) is 2.39. The molecule has 0 aliphatic heterocycles. The normalized spacial score (nSPS) is 14.9. The van der Waals surface area contributed by atoms with E-state index in [1.807, 2.05) is 30.3 Å². The Balaban J connectivity index is 1.66. The minimum Gasteiger partial charge on any atom is -0.490 e. The van der Waals surface area contributed by atoms with Crippen molar-refractivity contribution in [3.8, 4) is 5.75 Å². The van der Waals surface area contributed by atoms with Crippen molar-refractivity contribution in [1.29, 1.82) is 0 Å². The number of hydrogen-bond acceptors (Lipinski definition) is 8. The SMILES string of the molecule is CCOC1=C/C(=C\c2c(N)n3nc(COc4ccccc4)sc3nc2=O)C=CC1=O. The lowest BCUT2D eigenvalue weighted by atomic mass is 10.0. The second kappa shape index (κ2) is 8.34. The average Bonchev–Trinajstić information content (AvgIpc) is 3.16. The number of ketones is 1. The van der Waals surface area contributed by atoms with Gasteiger partial charge in [-0.2, -0.15) is 14.6 Å². The molecule has 0 atom stereocenters. The first-order valence-electron chi connectivity index (χ1n) is 9.20. The standard InChI is InChI=1S/C21H18N4O4S/c1-2-28-17-11-13(8-9-16(17)26)10-15-19(22)25-21(23-20(15)27)30-18(24-25)12-29-14-6-4-3-5-7-14/h3-11H,2,12,22H2,1H3/b13-10-. The largest absolute Gasteiger partial charge is 0.490 e. The molecule has 30 heavy (non-hydrogen) atoms. The number of ether oxygens (including phenoxy) is 2. The maximum Gasteiger partial charge on any atom is 0.283 e. The van der Waals surface area contributed by atoms with Crippen molar-refractivity contribution in [2.45, 2.75) is 13.5 Å². The number of hydrogen-bond donors (Lipinski definition) is 1. The van der Waals surface area contributed by atoms with Crippen molar-refractivity contribution in [2.24, 2.45) is 0 Å². The third-order valence-corrected chi connectivity index (χ3v) is 5.10. The zero-order valence-corrected chi connectivity index (χ0v) is 16.9. The quantitative estimate of drug-likeness (QED) is 0.650. The molecule has 0 amide bonds. The van der Waals surface area contributed by atoms with Gasteiger partial charge in [0.2, 0.25) is 10.7 Å². The smallest absolute Gasteiger partial charge is 0.283 e.